The Kier molecular flexibility index (Phi) is 4.47. The monoisotopic (exact) mass is 327 g/mol. The van der Waals surface area contributed by atoms with Crippen LogP contribution >= 0.6 is 0 Å². The van der Waals surface area contributed by atoms with Crippen molar-refractivity contribution in [2.75, 3.05) is 18.0 Å². The van der Waals surface area contributed by atoms with E-state index in [0.717, 1.165) is 43.6 Å². The summed E-state index contributed by atoms with van der Waals surface area (Å²) in [6.07, 6.45) is 9.43. The van der Waals surface area contributed by atoms with Crippen molar-refractivity contribution < 1.29 is 4.79 Å². The van der Waals surface area contributed by atoms with Gasteiger partial charge in [0.2, 0.25) is 5.91 Å². The van der Waals surface area contributed by atoms with Gasteiger partial charge in [-0.1, -0.05) is 12.5 Å². The summed E-state index contributed by atoms with van der Waals surface area (Å²) in [5, 5.41) is 3.36. The van der Waals surface area contributed by atoms with Gasteiger partial charge in [0.15, 0.2) is 0 Å². The van der Waals surface area contributed by atoms with Gasteiger partial charge >= 0.3 is 0 Å². The molecule has 1 aromatic rings. The fourth-order valence-corrected chi connectivity index (χ4v) is 5.30. The van der Waals surface area contributed by atoms with Gasteiger partial charge in [-0.3, -0.25) is 4.79 Å². The number of nitrogens with zero attached hydrogens (tertiary/aromatic N) is 2. The molecule has 1 aliphatic heterocycles. The number of fused-ring (bicyclic) bond motifs is 2. The molecular weight excluding hydrogens is 298 g/mol. The topological polar surface area (TPSA) is 45.2 Å². The first-order valence-corrected chi connectivity index (χ1v) is 9.67. The fraction of sp³-hybridized carbons (Fsp3) is 0.700. The third kappa shape index (κ3) is 3.15. The highest BCUT2D eigenvalue weighted by molar-refractivity contribution is 5.79. The van der Waals surface area contributed by atoms with Crippen LogP contribution in [0.15, 0.2) is 24.4 Å². The number of hydrogen-bond donors (Lipinski definition) is 1. The van der Waals surface area contributed by atoms with Crippen LogP contribution in [0.5, 0.6) is 0 Å². The Morgan fingerprint density at radius 2 is 2.21 bits per heavy atom. The quantitative estimate of drug-likeness (QED) is 0.923. The first kappa shape index (κ1) is 15.9. The van der Waals surface area contributed by atoms with Gasteiger partial charge in [0.05, 0.1) is 5.92 Å². The van der Waals surface area contributed by atoms with Crippen LogP contribution in [0, 0.1) is 23.7 Å². The standard InChI is InChI=1S/C20H29N3O/c1-14(18-12-15-7-8-16(18)11-15)22-20(24)17-5-4-10-23(13-17)19-6-2-3-9-21-19/h2-3,6,9,14-18H,4-5,7-8,10-13H2,1H3,(H,22,24)/t14-,15-,16-,17+,18+/m0/s1. The van der Waals surface area contributed by atoms with Crippen molar-refractivity contribution in [1.82, 2.24) is 10.3 Å². The molecule has 1 saturated heterocycles. The normalized spacial score (nSPS) is 33.5. The number of pyridine rings is 1. The van der Waals surface area contributed by atoms with E-state index in [0.29, 0.717) is 12.0 Å². The second-order valence-corrected chi connectivity index (χ2v) is 8.11. The van der Waals surface area contributed by atoms with Crippen LogP contribution in [0.2, 0.25) is 0 Å². The highest BCUT2D eigenvalue weighted by Crippen LogP contribution is 2.49. The molecule has 2 aliphatic carbocycles. The van der Waals surface area contributed by atoms with Crippen molar-refractivity contribution in [2.45, 2.75) is 51.5 Å². The second-order valence-electron chi connectivity index (χ2n) is 8.11. The number of rotatable bonds is 4. The first-order chi connectivity index (χ1) is 11.7. The van der Waals surface area contributed by atoms with Crippen molar-refractivity contribution in [3.63, 3.8) is 0 Å². The molecule has 2 bridgehead atoms. The molecule has 2 saturated carbocycles. The highest BCUT2D eigenvalue weighted by Gasteiger charge is 2.42. The molecule has 4 heteroatoms. The summed E-state index contributed by atoms with van der Waals surface area (Å²) in [6, 6.07) is 6.33. The van der Waals surface area contributed by atoms with Crippen molar-refractivity contribution in [2.24, 2.45) is 23.7 Å². The molecule has 2 heterocycles. The summed E-state index contributed by atoms with van der Waals surface area (Å²) >= 11 is 0. The van der Waals surface area contributed by atoms with Gasteiger partial charge in [0.25, 0.3) is 0 Å². The van der Waals surface area contributed by atoms with Gasteiger partial charge in [-0.15, -0.1) is 0 Å². The lowest BCUT2D eigenvalue weighted by atomic mass is 9.83. The van der Waals surface area contributed by atoms with E-state index in [1.165, 1.54) is 25.7 Å². The van der Waals surface area contributed by atoms with Gasteiger partial charge in [-0.05, 0) is 68.9 Å². The number of carbonyl (C=O) groups is 1. The average Bonchev–Trinajstić information content (AvgIpc) is 3.26. The molecule has 3 aliphatic rings. The third-order valence-electron chi connectivity index (χ3n) is 6.57. The van der Waals surface area contributed by atoms with Crippen LogP contribution in [0.1, 0.15) is 45.4 Å². The summed E-state index contributed by atoms with van der Waals surface area (Å²) < 4.78 is 0. The van der Waals surface area contributed by atoms with E-state index in [1.54, 1.807) is 0 Å². The van der Waals surface area contributed by atoms with Crippen LogP contribution in [-0.4, -0.2) is 30.0 Å². The van der Waals surface area contributed by atoms with Gasteiger partial charge < -0.3 is 10.2 Å². The molecule has 1 N–H and O–H groups in total. The van der Waals surface area contributed by atoms with E-state index < -0.39 is 0 Å². The molecular formula is C20H29N3O. The summed E-state index contributed by atoms with van der Waals surface area (Å²) in [5.74, 6) is 3.86. The molecule has 3 fully saturated rings. The number of anilines is 1. The van der Waals surface area contributed by atoms with E-state index in [1.807, 2.05) is 24.4 Å². The van der Waals surface area contributed by atoms with E-state index in [2.05, 4.69) is 22.1 Å². The van der Waals surface area contributed by atoms with Gasteiger partial charge in [-0.25, -0.2) is 4.98 Å². The lowest BCUT2D eigenvalue weighted by Gasteiger charge is -2.35. The minimum Gasteiger partial charge on any atom is -0.356 e. The van der Waals surface area contributed by atoms with Crippen LogP contribution in [0.3, 0.4) is 0 Å². The van der Waals surface area contributed by atoms with E-state index in [9.17, 15) is 4.79 Å². The van der Waals surface area contributed by atoms with Crippen LogP contribution in [0.4, 0.5) is 5.82 Å². The predicted molar refractivity (Wildman–Crippen MR) is 95.7 cm³/mol. The molecule has 1 amide bonds. The lowest BCUT2D eigenvalue weighted by molar-refractivity contribution is -0.126. The number of amides is 1. The zero-order valence-electron chi connectivity index (χ0n) is 14.7. The van der Waals surface area contributed by atoms with Gasteiger partial charge in [0.1, 0.15) is 5.82 Å². The molecule has 0 spiro atoms. The highest BCUT2D eigenvalue weighted by atomic mass is 16.2. The fourth-order valence-electron chi connectivity index (χ4n) is 5.30. The summed E-state index contributed by atoms with van der Waals surface area (Å²) in [5.41, 5.74) is 0. The van der Waals surface area contributed by atoms with Crippen LogP contribution in [0.25, 0.3) is 0 Å². The van der Waals surface area contributed by atoms with Crippen molar-refractivity contribution in [3.05, 3.63) is 24.4 Å². The molecule has 24 heavy (non-hydrogen) atoms. The summed E-state index contributed by atoms with van der Waals surface area (Å²) in [4.78, 5) is 19.5. The van der Waals surface area contributed by atoms with Crippen molar-refractivity contribution in [1.29, 1.82) is 0 Å². The summed E-state index contributed by atoms with van der Waals surface area (Å²) in [7, 11) is 0. The Bertz CT molecular complexity index is 576. The van der Waals surface area contributed by atoms with Crippen molar-refractivity contribution >= 4 is 11.7 Å². The maximum atomic E-state index is 12.8. The Balaban J connectivity index is 1.34. The van der Waals surface area contributed by atoms with Crippen LogP contribution in [-0.2, 0) is 4.79 Å². The minimum absolute atomic E-state index is 0.0989. The molecule has 0 radical (unpaired) electrons. The molecule has 130 valence electrons. The second kappa shape index (κ2) is 6.73. The Labute approximate surface area is 145 Å². The Morgan fingerprint density at radius 1 is 1.29 bits per heavy atom. The minimum atomic E-state index is 0.0989. The number of piperidine rings is 1. The molecule has 4 nitrogen and oxygen atoms in total. The number of carbonyl (C=O) groups excluding carboxylic acids is 1. The number of nitrogens with one attached hydrogen (secondary N) is 1. The first-order valence-electron chi connectivity index (χ1n) is 9.67. The molecule has 0 unspecified atom stereocenters. The largest absolute Gasteiger partial charge is 0.356 e. The molecule has 4 rings (SSSR count). The third-order valence-corrected chi connectivity index (χ3v) is 6.57. The summed E-state index contributed by atoms with van der Waals surface area (Å²) in [6.45, 7) is 4.03. The zero-order chi connectivity index (χ0) is 16.5. The smallest absolute Gasteiger partial charge is 0.225 e. The molecule has 0 aromatic carbocycles. The average molecular weight is 327 g/mol. The number of aromatic nitrogens is 1. The molecule has 1 aromatic heterocycles. The van der Waals surface area contributed by atoms with Gasteiger partial charge in [0, 0.05) is 25.3 Å². The molecule has 5 atom stereocenters. The van der Waals surface area contributed by atoms with Crippen LogP contribution < -0.4 is 10.2 Å². The lowest BCUT2D eigenvalue weighted by Crippen LogP contribution is -2.47. The Morgan fingerprint density at radius 3 is 2.92 bits per heavy atom. The van der Waals surface area contributed by atoms with E-state index in [4.69, 9.17) is 0 Å². The number of hydrogen-bond acceptors (Lipinski definition) is 3. The van der Waals surface area contributed by atoms with Crippen molar-refractivity contribution in [3.8, 4) is 0 Å². The van der Waals surface area contributed by atoms with E-state index in [-0.39, 0.29) is 11.8 Å². The Hall–Kier alpha value is -1.58. The zero-order valence-corrected chi connectivity index (χ0v) is 14.7. The SMILES string of the molecule is C[C@H](NC(=O)[C@@H]1CCCN(c2ccccn2)C1)[C@H]1C[C@H]2CC[C@H]1C2. The van der Waals surface area contributed by atoms with Gasteiger partial charge in [-0.2, -0.15) is 0 Å². The maximum Gasteiger partial charge on any atom is 0.225 e. The predicted octanol–water partition coefficient (Wildman–Crippen LogP) is 3.24. The van der Waals surface area contributed by atoms with E-state index >= 15 is 0 Å². The maximum absolute atomic E-state index is 12.8.